The molecule has 1 aromatic rings. The molecule has 1 heterocycles. The van der Waals surface area contributed by atoms with Crippen molar-refractivity contribution in [1.29, 1.82) is 0 Å². The number of hydrogen-bond acceptors (Lipinski definition) is 3. The molecule has 1 aromatic carbocycles. The summed E-state index contributed by atoms with van der Waals surface area (Å²) in [6.07, 6.45) is 8.30. The van der Waals surface area contributed by atoms with Gasteiger partial charge in [-0.25, -0.2) is 4.79 Å². The molecule has 0 aromatic heterocycles. The number of carbonyl (C=O) groups excluding carboxylic acids is 1. The molecule has 1 fully saturated rings. The minimum absolute atomic E-state index is 0.00732. The lowest BCUT2D eigenvalue weighted by Gasteiger charge is -2.31. The number of terminal acetylenes is 1. The van der Waals surface area contributed by atoms with Crippen LogP contribution in [0.25, 0.3) is 0 Å². The second-order valence-corrected chi connectivity index (χ2v) is 6.75. The van der Waals surface area contributed by atoms with Crippen LogP contribution >= 0.6 is 0 Å². The third kappa shape index (κ3) is 6.67. The number of urea groups is 1. The lowest BCUT2D eigenvalue weighted by atomic mass is 9.97. The van der Waals surface area contributed by atoms with Gasteiger partial charge in [0.05, 0.1) is 0 Å². The summed E-state index contributed by atoms with van der Waals surface area (Å²) in [6, 6.07) is 7.81. The summed E-state index contributed by atoms with van der Waals surface area (Å²) in [5.41, 5.74) is 1.16. The zero-order valence-electron chi connectivity index (χ0n) is 15.3. The number of piperidine rings is 1. The van der Waals surface area contributed by atoms with Crippen molar-refractivity contribution < 1.29 is 9.53 Å². The first-order valence-electron chi connectivity index (χ1n) is 8.91. The van der Waals surface area contributed by atoms with Crippen molar-refractivity contribution in [3.8, 4) is 18.1 Å². The van der Waals surface area contributed by atoms with E-state index in [0.717, 1.165) is 37.4 Å². The predicted molar refractivity (Wildman–Crippen MR) is 101 cm³/mol. The second kappa shape index (κ2) is 9.95. The van der Waals surface area contributed by atoms with Crippen LogP contribution in [0.4, 0.5) is 4.79 Å². The Morgan fingerprint density at radius 2 is 2.04 bits per heavy atom. The van der Waals surface area contributed by atoms with E-state index < -0.39 is 0 Å². The molecule has 25 heavy (non-hydrogen) atoms. The number of hydrogen-bond donors (Lipinski definition) is 1. The molecule has 136 valence electrons. The maximum atomic E-state index is 12.2. The quantitative estimate of drug-likeness (QED) is 0.772. The van der Waals surface area contributed by atoms with Crippen molar-refractivity contribution in [2.75, 3.05) is 46.9 Å². The molecular formula is C20H29N3O2. The molecule has 1 aliphatic rings. The number of likely N-dealkylation sites (tertiary alicyclic amines) is 1. The first-order valence-corrected chi connectivity index (χ1v) is 8.91. The zero-order valence-corrected chi connectivity index (χ0v) is 15.3. The van der Waals surface area contributed by atoms with Crippen molar-refractivity contribution in [2.24, 2.45) is 5.92 Å². The molecule has 5 heteroatoms. The number of carbonyl (C=O) groups is 1. The summed E-state index contributed by atoms with van der Waals surface area (Å²) in [6.45, 7) is 3.99. The normalized spacial score (nSPS) is 15.4. The largest absolute Gasteiger partial charge is 0.481 e. The molecule has 2 rings (SSSR count). The lowest BCUT2D eigenvalue weighted by Crippen LogP contribution is -2.42. The molecule has 0 radical (unpaired) electrons. The van der Waals surface area contributed by atoms with E-state index in [1.165, 1.54) is 12.8 Å². The van der Waals surface area contributed by atoms with Crippen LogP contribution in [0.3, 0.4) is 0 Å². The molecule has 5 nitrogen and oxygen atoms in total. The van der Waals surface area contributed by atoms with E-state index in [9.17, 15) is 4.79 Å². The monoisotopic (exact) mass is 343 g/mol. The summed E-state index contributed by atoms with van der Waals surface area (Å²) < 4.78 is 5.35. The average Bonchev–Trinajstić information content (AvgIpc) is 2.62. The molecule has 1 aliphatic heterocycles. The molecule has 1 saturated heterocycles. The van der Waals surface area contributed by atoms with Crippen molar-refractivity contribution in [3.63, 3.8) is 0 Å². The average molecular weight is 343 g/mol. The van der Waals surface area contributed by atoms with Gasteiger partial charge in [0.25, 0.3) is 0 Å². The van der Waals surface area contributed by atoms with Crippen LogP contribution in [-0.2, 0) is 6.42 Å². The van der Waals surface area contributed by atoms with E-state index in [2.05, 4.69) is 23.2 Å². The molecule has 0 saturated carbocycles. The lowest BCUT2D eigenvalue weighted by molar-refractivity contribution is 0.170. The first kappa shape index (κ1) is 19.1. The van der Waals surface area contributed by atoms with Crippen LogP contribution < -0.4 is 10.1 Å². The number of ether oxygens (including phenoxy) is 1. The van der Waals surface area contributed by atoms with Gasteiger partial charge in [0.15, 0.2) is 0 Å². The smallest absolute Gasteiger partial charge is 0.317 e. The van der Waals surface area contributed by atoms with Gasteiger partial charge in [-0.3, -0.25) is 0 Å². The number of amides is 2. The van der Waals surface area contributed by atoms with Crippen molar-refractivity contribution in [1.82, 2.24) is 15.1 Å². The Bertz CT molecular complexity index is 572. The highest BCUT2D eigenvalue weighted by Crippen LogP contribution is 2.16. The van der Waals surface area contributed by atoms with E-state index in [4.69, 9.17) is 11.2 Å². The van der Waals surface area contributed by atoms with E-state index in [0.29, 0.717) is 12.5 Å². The van der Waals surface area contributed by atoms with Crippen LogP contribution in [0.2, 0.25) is 0 Å². The maximum absolute atomic E-state index is 12.2. The van der Waals surface area contributed by atoms with Gasteiger partial charge in [-0.2, -0.15) is 0 Å². The van der Waals surface area contributed by atoms with Crippen molar-refractivity contribution in [3.05, 3.63) is 29.8 Å². The van der Waals surface area contributed by atoms with E-state index >= 15 is 0 Å². The molecule has 0 bridgehead atoms. The summed E-state index contributed by atoms with van der Waals surface area (Å²) >= 11 is 0. The molecule has 0 atom stereocenters. The van der Waals surface area contributed by atoms with Gasteiger partial charge in [0.2, 0.25) is 0 Å². The molecule has 0 unspecified atom stereocenters. The highest BCUT2D eigenvalue weighted by molar-refractivity contribution is 5.73. The highest BCUT2D eigenvalue weighted by Gasteiger charge is 2.20. The third-order valence-electron chi connectivity index (χ3n) is 4.65. The third-order valence-corrected chi connectivity index (χ3v) is 4.65. The van der Waals surface area contributed by atoms with Gasteiger partial charge < -0.3 is 19.9 Å². The zero-order chi connectivity index (χ0) is 18.1. The Hall–Kier alpha value is -2.19. The maximum Gasteiger partial charge on any atom is 0.317 e. The molecule has 2 amide bonds. The van der Waals surface area contributed by atoms with Crippen molar-refractivity contribution >= 4 is 6.03 Å². The Kier molecular flexibility index (Phi) is 7.62. The van der Waals surface area contributed by atoms with Gasteiger partial charge >= 0.3 is 6.03 Å². The fourth-order valence-electron chi connectivity index (χ4n) is 3.04. The van der Waals surface area contributed by atoms with Gasteiger partial charge in [0, 0.05) is 20.1 Å². The van der Waals surface area contributed by atoms with E-state index in [1.54, 1.807) is 0 Å². The fourth-order valence-corrected chi connectivity index (χ4v) is 3.04. The number of nitrogens with one attached hydrogen (secondary N) is 1. The van der Waals surface area contributed by atoms with Crippen LogP contribution in [0.5, 0.6) is 5.75 Å². The number of nitrogens with zero attached hydrogens (tertiary/aromatic N) is 2. The van der Waals surface area contributed by atoms with Gasteiger partial charge in [-0.15, -0.1) is 6.42 Å². The Morgan fingerprint density at radius 1 is 1.36 bits per heavy atom. The van der Waals surface area contributed by atoms with Gasteiger partial charge in [-0.1, -0.05) is 18.1 Å². The van der Waals surface area contributed by atoms with Crippen LogP contribution in [0.15, 0.2) is 24.3 Å². The molecule has 0 aliphatic carbocycles. The van der Waals surface area contributed by atoms with Crippen LogP contribution in [0, 0.1) is 18.3 Å². The SMILES string of the molecule is C#CCOc1ccc(CCNC(=O)N(C)CC2CCN(C)CC2)cc1. The Balaban J connectivity index is 1.66. The Morgan fingerprint density at radius 3 is 2.68 bits per heavy atom. The predicted octanol–water partition coefficient (Wildman–Crippen LogP) is 2.22. The highest BCUT2D eigenvalue weighted by atomic mass is 16.5. The molecule has 0 spiro atoms. The van der Waals surface area contributed by atoms with E-state index in [-0.39, 0.29) is 12.6 Å². The Labute approximate surface area is 151 Å². The minimum atomic E-state index is 0.00732. The van der Waals surface area contributed by atoms with Gasteiger partial charge in [0.1, 0.15) is 12.4 Å². The number of rotatable bonds is 7. The first-order chi connectivity index (χ1) is 12.1. The number of benzene rings is 1. The molecular weight excluding hydrogens is 314 g/mol. The molecule has 1 N–H and O–H groups in total. The summed E-state index contributed by atoms with van der Waals surface area (Å²) in [5.74, 6) is 3.82. The van der Waals surface area contributed by atoms with E-state index in [1.807, 2.05) is 36.2 Å². The van der Waals surface area contributed by atoms with Gasteiger partial charge in [-0.05, 0) is 63.0 Å². The van der Waals surface area contributed by atoms with Crippen LogP contribution in [-0.4, -0.2) is 62.7 Å². The summed E-state index contributed by atoms with van der Waals surface area (Å²) in [7, 11) is 4.03. The fraction of sp³-hybridized carbons (Fsp3) is 0.550. The van der Waals surface area contributed by atoms with Crippen molar-refractivity contribution in [2.45, 2.75) is 19.3 Å². The summed E-state index contributed by atoms with van der Waals surface area (Å²) in [5, 5.41) is 3.00. The summed E-state index contributed by atoms with van der Waals surface area (Å²) in [4.78, 5) is 16.4. The minimum Gasteiger partial charge on any atom is -0.481 e. The van der Waals surface area contributed by atoms with Crippen LogP contribution in [0.1, 0.15) is 18.4 Å². The second-order valence-electron chi connectivity index (χ2n) is 6.75. The topological polar surface area (TPSA) is 44.8 Å². The standard InChI is InChI=1S/C20H29N3O2/c1-4-15-25-19-7-5-17(6-8-19)9-12-21-20(24)23(3)16-18-10-13-22(2)14-11-18/h1,5-8,18H,9-16H2,2-3H3,(H,21,24).